The van der Waals surface area contributed by atoms with Crippen LogP contribution in [0.3, 0.4) is 0 Å². The standard InChI is InChI=1S/C11H14O2.C5H14NP/c1-7-4-8-5-10(12-2)11(13-3)6-9(7)8;1-6(2)4-3-5-7/h5-7H,4H2,1-3H3;3-5,7H2,1-2H3. The molecule has 0 saturated carbocycles. The van der Waals surface area contributed by atoms with Crippen molar-refractivity contribution in [2.24, 2.45) is 0 Å². The molecular weight excluding hydrogens is 269 g/mol. The van der Waals surface area contributed by atoms with Gasteiger partial charge in [0.2, 0.25) is 0 Å². The highest BCUT2D eigenvalue weighted by Crippen LogP contribution is 2.41. The lowest BCUT2D eigenvalue weighted by molar-refractivity contribution is 0.352. The molecule has 3 nitrogen and oxygen atoms in total. The first kappa shape index (κ1) is 17.3. The third kappa shape index (κ3) is 4.64. The molecule has 0 fully saturated rings. The van der Waals surface area contributed by atoms with Gasteiger partial charge in [0.1, 0.15) is 0 Å². The fourth-order valence-corrected chi connectivity index (χ4v) is 2.47. The molecule has 1 aromatic carbocycles. The zero-order valence-electron chi connectivity index (χ0n) is 13.4. The summed E-state index contributed by atoms with van der Waals surface area (Å²) in [6.45, 7) is 3.44. The van der Waals surface area contributed by atoms with Crippen LogP contribution in [-0.2, 0) is 6.42 Å². The van der Waals surface area contributed by atoms with Gasteiger partial charge < -0.3 is 14.4 Å². The Bertz CT molecular complexity index is 421. The van der Waals surface area contributed by atoms with Gasteiger partial charge in [-0.3, -0.25) is 0 Å². The summed E-state index contributed by atoms with van der Waals surface area (Å²) < 4.78 is 10.4. The molecule has 1 aliphatic rings. The molecule has 2 unspecified atom stereocenters. The van der Waals surface area contributed by atoms with Gasteiger partial charge >= 0.3 is 0 Å². The Kier molecular flexibility index (Phi) is 7.32. The van der Waals surface area contributed by atoms with Crippen LogP contribution in [0.4, 0.5) is 0 Å². The maximum absolute atomic E-state index is 5.23. The second-order valence-corrected chi connectivity index (χ2v) is 6.03. The molecule has 4 heteroatoms. The highest BCUT2D eigenvalue weighted by Gasteiger charge is 2.24. The number of benzene rings is 1. The number of nitrogens with zero attached hydrogens (tertiary/aromatic N) is 1. The Hall–Kier alpha value is -0.790. The number of hydrogen-bond acceptors (Lipinski definition) is 3. The van der Waals surface area contributed by atoms with Crippen molar-refractivity contribution in [1.29, 1.82) is 0 Å². The van der Waals surface area contributed by atoms with Gasteiger partial charge in [0.25, 0.3) is 0 Å². The molecule has 1 aromatic rings. The van der Waals surface area contributed by atoms with E-state index in [0.29, 0.717) is 5.92 Å². The Morgan fingerprint density at radius 1 is 1.20 bits per heavy atom. The van der Waals surface area contributed by atoms with Crippen molar-refractivity contribution in [3.8, 4) is 11.5 Å². The first-order valence-electron chi connectivity index (χ1n) is 7.13. The van der Waals surface area contributed by atoms with Crippen LogP contribution < -0.4 is 9.47 Å². The predicted molar refractivity (Wildman–Crippen MR) is 89.4 cm³/mol. The molecule has 0 bridgehead atoms. The van der Waals surface area contributed by atoms with E-state index in [0.717, 1.165) is 17.9 Å². The lowest BCUT2D eigenvalue weighted by Crippen LogP contribution is -2.14. The van der Waals surface area contributed by atoms with Crippen LogP contribution >= 0.6 is 9.24 Å². The number of rotatable bonds is 5. The predicted octanol–water partition coefficient (Wildman–Crippen LogP) is 3.18. The summed E-state index contributed by atoms with van der Waals surface area (Å²) in [5, 5.41) is 0. The Labute approximate surface area is 125 Å². The maximum Gasteiger partial charge on any atom is 0.161 e. The molecule has 0 N–H and O–H groups in total. The topological polar surface area (TPSA) is 21.7 Å². The molecule has 0 saturated heterocycles. The van der Waals surface area contributed by atoms with Crippen molar-refractivity contribution in [2.45, 2.75) is 25.7 Å². The van der Waals surface area contributed by atoms with Crippen LogP contribution in [0.25, 0.3) is 0 Å². The van der Waals surface area contributed by atoms with E-state index in [1.165, 1.54) is 30.3 Å². The van der Waals surface area contributed by atoms with Crippen molar-refractivity contribution in [3.63, 3.8) is 0 Å². The third-order valence-corrected chi connectivity index (χ3v) is 3.92. The average Bonchev–Trinajstić information content (AvgIpc) is 2.43. The van der Waals surface area contributed by atoms with E-state index >= 15 is 0 Å². The lowest BCUT2D eigenvalue weighted by Gasteiger charge is -2.28. The minimum Gasteiger partial charge on any atom is -0.493 e. The lowest BCUT2D eigenvalue weighted by atomic mass is 9.78. The van der Waals surface area contributed by atoms with Gasteiger partial charge in [0.15, 0.2) is 11.5 Å². The van der Waals surface area contributed by atoms with Crippen molar-refractivity contribution < 1.29 is 9.47 Å². The number of hydrogen-bond donors (Lipinski definition) is 0. The van der Waals surface area contributed by atoms with E-state index in [1.807, 2.05) is 0 Å². The summed E-state index contributed by atoms with van der Waals surface area (Å²) in [4.78, 5) is 2.20. The maximum atomic E-state index is 5.23. The molecule has 2 rings (SSSR count). The first-order valence-corrected chi connectivity index (χ1v) is 7.94. The van der Waals surface area contributed by atoms with Crippen LogP contribution in [0.1, 0.15) is 30.4 Å². The molecule has 0 radical (unpaired) electrons. The molecule has 0 aliphatic heterocycles. The fourth-order valence-electron chi connectivity index (χ4n) is 2.29. The first-order chi connectivity index (χ1) is 9.53. The van der Waals surface area contributed by atoms with Gasteiger partial charge in [0.05, 0.1) is 14.2 Å². The molecule has 114 valence electrons. The molecule has 0 amide bonds. The molecule has 0 heterocycles. The Balaban J connectivity index is 0.000000246. The minimum absolute atomic E-state index is 0.676. The SMILES string of the molecule is CN(C)CCCP.COc1cc2c(cc1OC)C(C)C2. The van der Waals surface area contributed by atoms with Crippen molar-refractivity contribution in [3.05, 3.63) is 23.3 Å². The smallest absolute Gasteiger partial charge is 0.161 e. The van der Waals surface area contributed by atoms with Gasteiger partial charge in [0, 0.05) is 0 Å². The van der Waals surface area contributed by atoms with Crippen molar-refractivity contribution in [2.75, 3.05) is 41.0 Å². The monoisotopic (exact) mass is 297 g/mol. The van der Waals surface area contributed by atoms with Gasteiger partial charge in [-0.05, 0) is 68.8 Å². The fraction of sp³-hybridized carbons (Fsp3) is 0.625. The van der Waals surface area contributed by atoms with E-state index in [1.54, 1.807) is 14.2 Å². The normalized spacial score (nSPS) is 15.8. The minimum atomic E-state index is 0.676. The Morgan fingerprint density at radius 2 is 1.80 bits per heavy atom. The van der Waals surface area contributed by atoms with Crippen LogP contribution in [0, 0.1) is 0 Å². The van der Waals surface area contributed by atoms with Crippen LogP contribution in [0.2, 0.25) is 0 Å². The highest BCUT2D eigenvalue weighted by molar-refractivity contribution is 7.16. The van der Waals surface area contributed by atoms with E-state index < -0.39 is 0 Å². The second kappa shape index (κ2) is 8.49. The molecule has 0 spiro atoms. The third-order valence-electron chi connectivity index (χ3n) is 3.51. The van der Waals surface area contributed by atoms with Crippen molar-refractivity contribution in [1.82, 2.24) is 4.90 Å². The molecule has 2 atom stereocenters. The quantitative estimate of drug-likeness (QED) is 0.779. The van der Waals surface area contributed by atoms with Gasteiger partial charge in [-0.15, -0.1) is 9.24 Å². The molecular formula is C16H28NO2P. The van der Waals surface area contributed by atoms with Crippen molar-refractivity contribution >= 4 is 9.24 Å². The Morgan fingerprint density at radius 3 is 2.20 bits per heavy atom. The van der Waals surface area contributed by atoms with E-state index in [-0.39, 0.29) is 0 Å². The number of fused-ring (bicyclic) bond motifs is 1. The second-order valence-electron chi connectivity index (χ2n) is 5.46. The summed E-state index contributed by atoms with van der Waals surface area (Å²) in [6, 6.07) is 4.16. The summed E-state index contributed by atoms with van der Waals surface area (Å²) in [5.74, 6) is 2.36. The summed E-state index contributed by atoms with van der Waals surface area (Å²) in [6.07, 6.45) is 3.67. The molecule has 0 aromatic heterocycles. The highest BCUT2D eigenvalue weighted by atomic mass is 31.0. The zero-order chi connectivity index (χ0) is 15.1. The van der Waals surface area contributed by atoms with Gasteiger partial charge in [-0.1, -0.05) is 6.92 Å². The van der Waals surface area contributed by atoms with Crippen LogP contribution in [-0.4, -0.2) is 45.9 Å². The van der Waals surface area contributed by atoms with Crippen LogP contribution in [0.5, 0.6) is 11.5 Å². The number of ether oxygens (including phenoxy) is 2. The largest absolute Gasteiger partial charge is 0.493 e. The summed E-state index contributed by atoms with van der Waals surface area (Å²) in [5.41, 5.74) is 2.79. The van der Waals surface area contributed by atoms with Crippen LogP contribution in [0.15, 0.2) is 12.1 Å². The van der Waals surface area contributed by atoms with E-state index in [4.69, 9.17) is 9.47 Å². The number of methoxy groups -OCH3 is 2. The zero-order valence-corrected chi connectivity index (χ0v) is 14.6. The average molecular weight is 297 g/mol. The summed E-state index contributed by atoms with van der Waals surface area (Å²) >= 11 is 0. The van der Waals surface area contributed by atoms with E-state index in [2.05, 4.69) is 47.3 Å². The van der Waals surface area contributed by atoms with Gasteiger partial charge in [-0.25, -0.2) is 0 Å². The van der Waals surface area contributed by atoms with E-state index in [9.17, 15) is 0 Å². The molecule has 20 heavy (non-hydrogen) atoms. The molecule has 1 aliphatic carbocycles. The van der Waals surface area contributed by atoms with Gasteiger partial charge in [-0.2, -0.15) is 0 Å². The summed E-state index contributed by atoms with van der Waals surface area (Å²) in [7, 11) is 10.3.